The number of rotatable bonds is 3. The van der Waals surface area contributed by atoms with Crippen molar-refractivity contribution in [3.8, 4) is 0 Å². The Morgan fingerprint density at radius 3 is 2.88 bits per heavy atom. The molecule has 1 aromatic rings. The van der Waals surface area contributed by atoms with Crippen molar-refractivity contribution in [2.45, 2.75) is 5.92 Å². The van der Waals surface area contributed by atoms with Crippen molar-refractivity contribution in [3.05, 3.63) is 29.8 Å². The highest BCUT2D eigenvalue weighted by atomic mass is 32.2. The lowest BCUT2D eigenvalue weighted by atomic mass is 10.0. The molecule has 5 nitrogen and oxygen atoms in total. The standard InChI is InChI=1S/C10H15N3O2S/c1-13-7-8(6-12-16(11,14)15)9-4-2-3-5-10(9)13/h2-5,8,12H,6-7H2,1H3,(H2,11,14,15). The van der Waals surface area contributed by atoms with Crippen molar-refractivity contribution in [1.29, 1.82) is 0 Å². The average molecular weight is 241 g/mol. The lowest BCUT2D eigenvalue weighted by Gasteiger charge is -2.12. The lowest BCUT2D eigenvalue weighted by Crippen LogP contribution is -2.35. The molecule has 1 aliphatic rings. The zero-order valence-corrected chi connectivity index (χ0v) is 9.87. The van der Waals surface area contributed by atoms with Crippen molar-refractivity contribution < 1.29 is 8.42 Å². The van der Waals surface area contributed by atoms with Crippen LogP contribution in [0.5, 0.6) is 0 Å². The van der Waals surface area contributed by atoms with E-state index < -0.39 is 10.2 Å². The third-order valence-electron chi connectivity index (χ3n) is 2.81. The normalized spacial score (nSPS) is 19.9. The number of fused-ring (bicyclic) bond motifs is 1. The van der Waals surface area contributed by atoms with Gasteiger partial charge in [-0.05, 0) is 11.6 Å². The molecular weight excluding hydrogens is 226 g/mol. The molecule has 1 atom stereocenters. The quantitative estimate of drug-likeness (QED) is 0.783. The molecule has 0 saturated carbocycles. The zero-order chi connectivity index (χ0) is 11.8. The molecule has 16 heavy (non-hydrogen) atoms. The van der Waals surface area contributed by atoms with Crippen LogP contribution in [0.4, 0.5) is 5.69 Å². The second kappa shape index (κ2) is 4.04. The number of hydrogen-bond acceptors (Lipinski definition) is 3. The van der Waals surface area contributed by atoms with Gasteiger partial charge in [0.05, 0.1) is 0 Å². The van der Waals surface area contributed by atoms with Crippen LogP contribution in [-0.4, -0.2) is 28.6 Å². The van der Waals surface area contributed by atoms with Crippen molar-refractivity contribution in [2.24, 2.45) is 5.14 Å². The molecule has 0 aromatic heterocycles. The summed E-state index contributed by atoms with van der Waals surface area (Å²) in [5.74, 6) is 0.166. The summed E-state index contributed by atoms with van der Waals surface area (Å²) in [5, 5.41) is 4.92. The summed E-state index contributed by atoms with van der Waals surface area (Å²) in [7, 11) is -1.60. The maximum Gasteiger partial charge on any atom is 0.274 e. The minimum Gasteiger partial charge on any atom is -0.374 e. The Labute approximate surface area is 95.4 Å². The van der Waals surface area contributed by atoms with E-state index in [1.54, 1.807) is 0 Å². The van der Waals surface area contributed by atoms with E-state index >= 15 is 0 Å². The number of nitrogens with zero attached hydrogens (tertiary/aromatic N) is 1. The van der Waals surface area contributed by atoms with E-state index in [0.717, 1.165) is 12.2 Å². The summed E-state index contributed by atoms with van der Waals surface area (Å²) in [6, 6.07) is 7.99. The third-order valence-corrected chi connectivity index (χ3v) is 3.38. The molecule has 1 aromatic carbocycles. The molecule has 0 amide bonds. The van der Waals surface area contributed by atoms with Crippen molar-refractivity contribution >= 4 is 15.9 Å². The van der Waals surface area contributed by atoms with Crippen LogP contribution in [0.25, 0.3) is 0 Å². The van der Waals surface area contributed by atoms with Gasteiger partial charge in [-0.2, -0.15) is 8.42 Å². The van der Waals surface area contributed by atoms with Gasteiger partial charge < -0.3 is 4.90 Å². The summed E-state index contributed by atoms with van der Waals surface area (Å²) in [4.78, 5) is 2.12. The van der Waals surface area contributed by atoms with Gasteiger partial charge in [0.25, 0.3) is 10.2 Å². The largest absolute Gasteiger partial charge is 0.374 e. The number of anilines is 1. The fraction of sp³-hybridized carbons (Fsp3) is 0.400. The lowest BCUT2D eigenvalue weighted by molar-refractivity contribution is 0.574. The Morgan fingerprint density at radius 1 is 1.50 bits per heavy atom. The summed E-state index contributed by atoms with van der Waals surface area (Å²) in [6.45, 7) is 1.15. The maximum absolute atomic E-state index is 10.8. The molecule has 0 radical (unpaired) electrons. The first-order chi connectivity index (χ1) is 7.47. The molecule has 0 spiro atoms. The highest BCUT2D eigenvalue weighted by Crippen LogP contribution is 2.34. The van der Waals surface area contributed by atoms with Crippen molar-refractivity contribution in [2.75, 3.05) is 25.0 Å². The minimum absolute atomic E-state index is 0.166. The van der Waals surface area contributed by atoms with E-state index in [4.69, 9.17) is 5.14 Å². The zero-order valence-electron chi connectivity index (χ0n) is 9.05. The third kappa shape index (κ3) is 2.34. The first-order valence-corrected chi connectivity index (χ1v) is 6.59. The van der Waals surface area contributed by atoms with E-state index in [0.29, 0.717) is 6.54 Å². The first-order valence-electron chi connectivity index (χ1n) is 5.05. The first kappa shape index (κ1) is 11.4. The van der Waals surface area contributed by atoms with E-state index in [9.17, 15) is 8.42 Å². The van der Waals surface area contributed by atoms with Crippen molar-refractivity contribution in [3.63, 3.8) is 0 Å². The molecule has 1 heterocycles. The average Bonchev–Trinajstić information content (AvgIpc) is 2.53. The van der Waals surface area contributed by atoms with Crippen LogP contribution in [0.15, 0.2) is 24.3 Å². The topological polar surface area (TPSA) is 75.4 Å². The van der Waals surface area contributed by atoms with Gasteiger partial charge >= 0.3 is 0 Å². The van der Waals surface area contributed by atoms with E-state index in [2.05, 4.69) is 9.62 Å². The number of para-hydroxylation sites is 1. The molecule has 6 heteroatoms. The number of benzene rings is 1. The fourth-order valence-electron chi connectivity index (χ4n) is 2.10. The molecule has 0 aliphatic carbocycles. The molecule has 0 bridgehead atoms. The molecule has 1 aliphatic heterocycles. The molecule has 3 N–H and O–H groups in total. The Kier molecular flexibility index (Phi) is 2.88. The van der Waals surface area contributed by atoms with Gasteiger partial charge in [-0.1, -0.05) is 18.2 Å². The van der Waals surface area contributed by atoms with Crippen LogP contribution in [0.1, 0.15) is 11.5 Å². The van der Waals surface area contributed by atoms with E-state index in [1.807, 2.05) is 31.3 Å². The summed E-state index contributed by atoms with van der Waals surface area (Å²) in [5.41, 5.74) is 2.32. The van der Waals surface area contributed by atoms with Crippen LogP contribution in [0.3, 0.4) is 0 Å². The fourth-order valence-corrected chi connectivity index (χ4v) is 2.53. The van der Waals surface area contributed by atoms with Crippen LogP contribution < -0.4 is 14.8 Å². The molecule has 1 unspecified atom stereocenters. The van der Waals surface area contributed by atoms with Crippen LogP contribution in [0, 0.1) is 0 Å². The monoisotopic (exact) mass is 241 g/mol. The van der Waals surface area contributed by atoms with Gasteiger partial charge in [-0.15, -0.1) is 0 Å². The number of hydrogen-bond donors (Lipinski definition) is 2. The predicted molar refractivity (Wildman–Crippen MR) is 63.6 cm³/mol. The SMILES string of the molecule is CN1CC(CNS(N)(=O)=O)c2ccccc21. The summed E-state index contributed by atoms with van der Waals surface area (Å²) < 4.78 is 24.0. The molecular formula is C10H15N3O2S. The smallest absolute Gasteiger partial charge is 0.274 e. The van der Waals surface area contributed by atoms with Gasteiger partial charge in [0.15, 0.2) is 0 Å². The Hall–Kier alpha value is -1.11. The second-order valence-corrected chi connectivity index (χ2v) is 5.41. The van der Waals surface area contributed by atoms with Gasteiger partial charge in [0.1, 0.15) is 0 Å². The molecule has 0 saturated heterocycles. The summed E-state index contributed by atoms with van der Waals surface area (Å²) in [6.07, 6.45) is 0. The van der Waals surface area contributed by atoms with E-state index in [1.165, 1.54) is 5.56 Å². The van der Waals surface area contributed by atoms with Crippen LogP contribution in [-0.2, 0) is 10.2 Å². The molecule has 2 rings (SSSR count). The highest BCUT2D eigenvalue weighted by molar-refractivity contribution is 7.87. The summed E-state index contributed by atoms with van der Waals surface area (Å²) >= 11 is 0. The van der Waals surface area contributed by atoms with Gasteiger partial charge in [0, 0.05) is 31.7 Å². The number of nitrogens with two attached hydrogens (primary N) is 1. The highest BCUT2D eigenvalue weighted by Gasteiger charge is 2.26. The second-order valence-electron chi connectivity index (χ2n) is 4.03. The number of nitrogens with one attached hydrogen (secondary N) is 1. The van der Waals surface area contributed by atoms with E-state index in [-0.39, 0.29) is 5.92 Å². The molecule has 88 valence electrons. The maximum atomic E-state index is 10.8. The molecule has 0 fully saturated rings. The van der Waals surface area contributed by atoms with Gasteiger partial charge in [0.2, 0.25) is 0 Å². The Morgan fingerprint density at radius 2 is 2.19 bits per heavy atom. The predicted octanol–water partition coefficient (Wildman–Crippen LogP) is 0.0131. The number of likely N-dealkylation sites (N-methyl/N-ethyl adjacent to an activating group) is 1. The Balaban J connectivity index is 2.15. The Bertz CT molecular complexity index is 487. The minimum atomic E-state index is -3.60. The van der Waals surface area contributed by atoms with Crippen LogP contribution in [0.2, 0.25) is 0 Å². The van der Waals surface area contributed by atoms with Gasteiger partial charge in [-0.3, -0.25) is 0 Å². The van der Waals surface area contributed by atoms with Gasteiger partial charge in [-0.25, -0.2) is 9.86 Å². The van der Waals surface area contributed by atoms with Crippen LogP contribution >= 0.6 is 0 Å². The van der Waals surface area contributed by atoms with Crippen molar-refractivity contribution in [1.82, 2.24) is 4.72 Å².